The van der Waals surface area contributed by atoms with E-state index in [0.717, 1.165) is 54.5 Å². The van der Waals surface area contributed by atoms with Gasteiger partial charge in [-0.15, -0.1) is 0 Å². The Kier molecular flexibility index (Phi) is 4.83. The predicted molar refractivity (Wildman–Crippen MR) is 116 cm³/mol. The summed E-state index contributed by atoms with van der Waals surface area (Å²) in [7, 11) is 0. The maximum Gasteiger partial charge on any atom is 0.270 e. The maximum atomic E-state index is 12.9. The number of rotatable bonds is 4. The molecule has 1 fully saturated rings. The van der Waals surface area contributed by atoms with Crippen molar-refractivity contribution in [3.05, 3.63) is 71.4 Å². The molecular weight excluding hydrogens is 376 g/mol. The van der Waals surface area contributed by atoms with Gasteiger partial charge in [0.15, 0.2) is 0 Å². The number of aryl methyl sites for hydroxylation is 1. The van der Waals surface area contributed by atoms with Gasteiger partial charge < -0.3 is 4.90 Å². The van der Waals surface area contributed by atoms with Crippen LogP contribution in [0.15, 0.2) is 54.6 Å². The van der Waals surface area contributed by atoms with Crippen LogP contribution in [0.5, 0.6) is 0 Å². The minimum Gasteiger partial charge on any atom is -0.362 e. The smallest absolute Gasteiger partial charge is 0.270 e. The number of para-hydroxylation sites is 2. The van der Waals surface area contributed by atoms with Gasteiger partial charge in [0.1, 0.15) is 0 Å². The number of hydrogen-bond donors (Lipinski definition) is 2. The van der Waals surface area contributed by atoms with Crippen molar-refractivity contribution in [1.29, 1.82) is 0 Å². The number of amides is 2. The maximum absolute atomic E-state index is 12.9. The van der Waals surface area contributed by atoms with Gasteiger partial charge in [0.25, 0.3) is 11.8 Å². The van der Waals surface area contributed by atoms with Crippen LogP contribution in [0.4, 0.5) is 5.69 Å². The number of hydrazine groups is 1. The summed E-state index contributed by atoms with van der Waals surface area (Å²) in [5, 5.41) is 0.790. The fraction of sp³-hybridized carbons (Fsp3) is 0.292. The molecule has 152 valence electrons. The fourth-order valence-electron chi connectivity index (χ4n) is 4.15. The third kappa shape index (κ3) is 3.73. The molecule has 2 N–H and O–H groups in total. The second-order valence-corrected chi connectivity index (χ2v) is 8.04. The molecule has 0 unspecified atom stereocenters. The van der Waals surface area contributed by atoms with E-state index in [1.807, 2.05) is 48.5 Å². The summed E-state index contributed by atoms with van der Waals surface area (Å²) in [6.07, 6.45) is 4.27. The van der Waals surface area contributed by atoms with Crippen molar-refractivity contribution >= 4 is 28.4 Å². The van der Waals surface area contributed by atoms with Crippen molar-refractivity contribution in [2.24, 2.45) is 0 Å². The number of carbonyl (C=O) groups excluding carboxylic acids is 2. The molecule has 6 heteroatoms. The quantitative estimate of drug-likeness (QED) is 0.659. The second-order valence-electron chi connectivity index (χ2n) is 8.04. The zero-order valence-electron chi connectivity index (χ0n) is 16.7. The predicted octanol–water partition coefficient (Wildman–Crippen LogP) is 3.33. The van der Waals surface area contributed by atoms with Crippen LogP contribution in [-0.2, 0) is 11.2 Å². The molecule has 0 radical (unpaired) electrons. The number of hydrogen-bond acceptors (Lipinski definition) is 4. The van der Waals surface area contributed by atoms with E-state index in [-0.39, 0.29) is 18.4 Å². The Labute approximate surface area is 175 Å². The topological polar surface area (TPSA) is 74.3 Å². The van der Waals surface area contributed by atoms with E-state index >= 15 is 0 Å². The molecule has 1 aliphatic heterocycles. The highest BCUT2D eigenvalue weighted by Crippen LogP contribution is 2.40. The molecule has 2 amide bonds. The highest BCUT2D eigenvalue weighted by Gasteiger charge is 2.27. The van der Waals surface area contributed by atoms with Crippen molar-refractivity contribution in [3.8, 4) is 0 Å². The number of anilines is 1. The minimum absolute atomic E-state index is 0.210. The first-order valence-electron chi connectivity index (χ1n) is 10.5. The average molecular weight is 400 g/mol. The molecule has 1 aromatic heterocycles. The lowest BCUT2D eigenvalue weighted by Crippen LogP contribution is -2.47. The van der Waals surface area contributed by atoms with Crippen LogP contribution < -0.4 is 15.8 Å². The summed E-state index contributed by atoms with van der Waals surface area (Å²) in [5.41, 5.74) is 9.85. The normalized spacial score (nSPS) is 15.5. The summed E-state index contributed by atoms with van der Waals surface area (Å²) >= 11 is 0. The Morgan fingerprint density at radius 3 is 2.70 bits per heavy atom. The van der Waals surface area contributed by atoms with Crippen molar-refractivity contribution in [2.75, 3.05) is 18.0 Å². The first-order chi connectivity index (χ1) is 14.7. The molecule has 5 rings (SSSR count). The van der Waals surface area contributed by atoms with Gasteiger partial charge in [-0.2, -0.15) is 0 Å². The van der Waals surface area contributed by atoms with Gasteiger partial charge in [-0.05, 0) is 49.4 Å². The number of fused-ring (bicyclic) bond motifs is 2. The third-order valence-electron chi connectivity index (χ3n) is 5.83. The van der Waals surface area contributed by atoms with Crippen LogP contribution in [0, 0.1) is 0 Å². The van der Waals surface area contributed by atoms with Crippen molar-refractivity contribution < 1.29 is 9.59 Å². The summed E-state index contributed by atoms with van der Waals surface area (Å²) in [5.74, 6) is -0.112. The number of nitrogens with zero attached hydrogens (tertiary/aromatic N) is 2. The zero-order valence-corrected chi connectivity index (χ0v) is 16.7. The van der Waals surface area contributed by atoms with Gasteiger partial charge in [-0.3, -0.25) is 25.4 Å². The van der Waals surface area contributed by atoms with Gasteiger partial charge >= 0.3 is 0 Å². The van der Waals surface area contributed by atoms with E-state index in [9.17, 15) is 9.59 Å². The largest absolute Gasteiger partial charge is 0.362 e. The van der Waals surface area contributed by atoms with Gasteiger partial charge in [-0.25, -0.2) is 0 Å². The number of benzene rings is 2. The van der Waals surface area contributed by atoms with Gasteiger partial charge in [0, 0.05) is 29.2 Å². The van der Waals surface area contributed by atoms with Crippen LogP contribution in [0.1, 0.15) is 46.8 Å². The standard InChI is InChI=1S/C24H24N4O2/c29-23(15-28-13-5-7-17-6-1-4-10-22(17)28)26-27-24(30)19-14-21(16-11-12-16)25-20-9-3-2-8-18(19)20/h1-4,6,8-10,14,16H,5,7,11-13,15H2,(H,26,29)(H,27,30). The van der Waals surface area contributed by atoms with Crippen molar-refractivity contribution in [1.82, 2.24) is 15.8 Å². The molecule has 0 atom stereocenters. The van der Waals surface area contributed by atoms with Gasteiger partial charge in [0.05, 0.1) is 17.6 Å². The zero-order chi connectivity index (χ0) is 20.5. The van der Waals surface area contributed by atoms with Crippen molar-refractivity contribution in [3.63, 3.8) is 0 Å². The Hall–Kier alpha value is -3.41. The van der Waals surface area contributed by atoms with E-state index in [4.69, 9.17) is 4.98 Å². The molecular formula is C24H24N4O2. The lowest BCUT2D eigenvalue weighted by Gasteiger charge is -2.30. The first-order valence-corrected chi connectivity index (χ1v) is 10.5. The monoisotopic (exact) mass is 400 g/mol. The average Bonchev–Trinajstić information content (AvgIpc) is 3.62. The summed E-state index contributed by atoms with van der Waals surface area (Å²) in [6, 6.07) is 17.7. The molecule has 0 spiro atoms. The second kappa shape index (κ2) is 7.78. The molecule has 6 nitrogen and oxygen atoms in total. The fourth-order valence-corrected chi connectivity index (χ4v) is 4.15. The minimum atomic E-state index is -0.317. The lowest BCUT2D eigenvalue weighted by atomic mass is 10.0. The van der Waals surface area contributed by atoms with E-state index in [1.165, 1.54) is 5.56 Å². The van der Waals surface area contributed by atoms with Crippen LogP contribution in [0.3, 0.4) is 0 Å². The number of nitrogens with one attached hydrogen (secondary N) is 2. The molecule has 0 saturated heterocycles. The number of carbonyl (C=O) groups is 2. The highest BCUT2D eigenvalue weighted by molar-refractivity contribution is 6.06. The lowest BCUT2D eigenvalue weighted by molar-refractivity contribution is -0.120. The van der Waals surface area contributed by atoms with E-state index in [1.54, 1.807) is 0 Å². The summed E-state index contributed by atoms with van der Waals surface area (Å²) < 4.78 is 0. The molecule has 2 aliphatic rings. The molecule has 30 heavy (non-hydrogen) atoms. The van der Waals surface area contributed by atoms with Gasteiger partial charge in [0.2, 0.25) is 0 Å². The van der Waals surface area contributed by atoms with Crippen LogP contribution in [0.25, 0.3) is 10.9 Å². The summed E-state index contributed by atoms with van der Waals surface area (Å²) in [4.78, 5) is 32.2. The molecule has 2 aromatic carbocycles. The molecule has 1 saturated carbocycles. The van der Waals surface area contributed by atoms with E-state index in [0.29, 0.717) is 11.5 Å². The number of pyridine rings is 1. The van der Waals surface area contributed by atoms with Crippen LogP contribution in [0.2, 0.25) is 0 Å². The van der Waals surface area contributed by atoms with Crippen LogP contribution >= 0.6 is 0 Å². The third-order valence-corrected chi connectivity index (χ3v) is 5.83. The Bertz CT molecular complexity index is 1120. The van der Waals surface area contributed by atoms with E-state index < -0.39 is 0 Å². The Morgan fingerprint density at radius 1 is 1.03 bits per heavy atom. The molecule has 0 bridgehead atoms. The molecule has 2 heterocycles. The summed E-state index contributed by atoms with van der Waals surface area (Å²) in [6.45, 7) is 1.04. The highest BCUT2D eigenvalue weighted by atomic mass is 16.2. The van der Waals surface area contributed by atoms with Crippen LogP contribution in [-0.4, -0.2) is 29.9 Å². The van der Waals surface area contributed by atoms with Gasteiger partial charge in [-0.1, -0.05) is 36.4 Å². The molecule has 1 aliphatic carbocycles. The number of aromatic nitrogens is 1. The Morgan fingerprint density at radius 2 is 1.83 bits per heavy atom. The van der Waals surface area contributed by atoms with Crippen molar-refractivity contribution in [2.45, 2.75) is 31.6 Å². The van der Waals surface area contributed by atoms with E-state index in [2.05, 4.69) is 21.8 Å². The first kappa shape index (κ1) is 18.6. The Balaban J connectivity index is 1.28. The SMILES string of the molecule is O=C(CN1CCCc2ccccc21)NNC(=O)c1cc(C2CC2)nc2ccccc12. The molecule has 3 aromatic rings.